The zero-order valence-electron chi connectivity index (χ0n) is 21.1. The SMILES string of the molecule is COC(=O)C1CCC(N(Cc2ccccc2)C(=O)C2CCN(c3ccc(C(=N)N)cc3)C(=O)C2)CC1.Cl. The molecule has 1 saturated heterocycles. The number of hydrogen-bond acceptors (Lipinski definition) is 5. The smallest absolute Gasteiger partial charge is 0.308 e. The number of methoxy groups -OCH3 is 1. The summed E-state index contributed by atoms with van der Waals surface area (Å²) in [6.07, 6.45) is 3.63. The third-order valence-electron chi connectivity index (χ3n) is 7.41. The number of anilines is 1. The Kier molecular flexibility index (Phi) is 9.69. The van der Waals surface area contributed by atoms with Crippen molar-refractivity contribution in [2.45, 2.75) is 51.1 Å². The van der Waals surface area contributed by atoms with E-state index in [4.69, 9.17) is 15.9 Å². The Morgan fingerprint density at radius 2 is 1.65 bits per heavy atom. The number of esters is 1. The Bertz CT molecular complexity index is 1100. The van der Waals surface area contributed by atoms with Gasteiger partial charge in [-0.05, 0) is 61.9 Å². The van der Waals surface area contributed by atoms with Gasteiger partial charge in [-0.3, -0.25) is 19.8 Å². The van der Waals surface area contributed by atoms with E-state index in [1.165, 1.54) is 7.11 Å². The number of nitrogens with zero attached hydrogens (tertiary/aromatic N) is 2. The fraction of sp³-hybridized carbons (Fsp3) is 0.429. The summed E-state index contributed by atoms with van der Waals surface area (Å²) in [5.74, 6) is -0.740. The van der Waals surface area contributed by atoms with Gasteiger partial charge in [0.25, 0.3) is 0 Å². The number of nitrogens with two attached hydrogens (primary N) is 1. The molecule has 0 radical (unpaired) electrons. The maximum Gasteiger partial charge on any atom is 0.308 e. The van der Waals surface area contributed by atoms with Crippen molar-refractivity contribution >= 4 is 41.7 Å². The van der Waals surface area contributed by atoms with Gasteiger partial charge in [-0.15, -0.1) is 12.4 Å². The number of ether oxygens (including phenoxy) is 1. The average molecular weight is 527 g/mol. The topological polar surface area (TPSA) is 117 Å². The van der Waals surface area contributed by atoms with Crippen molar-refractivity contribution in [1.29, 1.82) is 5.41 Å². The van der Waals surface area contributed by atoms with Crippen LogP contribution in [0.25, 0.3) is 0 Å². The van der Waals surface area contributed by atoms with E-state index in [1.807, 2.05) is 35.2 Å². The van der Waals surface area contributed by atoms with Crippen LogP contribution < -0.4 is 10.6 Å². The molecule has 37 heavy (non-hydrogen) atoms. The van der Waals surface area contributed by atoms with Crippen LogP contribution in [0.1, 0.15) is 49.7 Å². The molecular weight excluding hydrogens is 492 g/mol. The lowest BCUT2D eigenvalue weighted by molar-refractivity contribution is -0.148. The van der Waals surface area contributed by atoms with Crippen molar-refractivity contribution in [1.82, 2.24) is 4.90 Å². The number of carbonyl (C=O) groups excluding carboxylic acids is 3. The summed E-state index contributed by atoms with van der Waals surface area (Å²) in [6, 6.07) is 17.0. The van der Waals surface area contributed by atoms with Crippen molar-refractivity contribution in [2.75, 3.05) is 18.6 Å². The molecule has 1 atom stereocenters. The molecule has 198 valence electrons. The molecular formula is C28H35ClN4O4. The van der Waals surface area contributed by atoms with Crippen LogP contribution in [0.4, 0.5) is 5.69 Å². The molecule has 8 nitrogen and oxygen atoms in total. The van der Waals surface area contributed by atoms with E-state index in [-0.39, 0.29) is 60.3 Å². The van der Waals surface area contributed by atoms with E-state index in [0.29, 0.717) is 37.9 Å². The van der Waals surface area contributed by atoms with E-state index >= 15 is 0 Å². The van der Waals surface area contributed by atoms with Crippen molar-refractivity contribution in [3.05, 3.63) is 65.7 Å². The lowest BCUT2D eigenvalue weighted by atomic mass is 9.84. The maximum atomic E-state index is 13.8. The summed E-state index contributed by atoms with van der Waals surface area (Å²) in [5, 5.41) is 7.54. The lowest BCUT2D eigenvalue weighted by Crippen LogP contribution is -2.49. The number of amidine groups is 1. The van der Waals surface area contributed by atoms with Crippen molar-refractivity contribution in [3.8, 4) is 0 Å². The normalized spacial score (nSPS) is 21.5. The number of benzene rings is 2. The second-order valence-corrected chi connectivity index (χ2v) is 9.68. The first-order valence-corrected chi connectivity index (χ1v) is 12.5. The first kappa shape index (κ1) is 28.2. The molecule has 1 aliphatic carbocycles. The maximum absolute atomic E-state index is 13.8. The van der Waals surface area contributed by atoms with Gasteiger partial charge in [0.15, 0.2) is 0 Å². The Hall–Kier alpha value is -3.39. The molecule has 3 N–H and O–H groups in total. The average Bonchev–Trinajstić information content (AvgIpc) is 2.91. The molecule has 1 heterocycles. The minimum atomic E-state index is -0.368. The zero-order valence-corrected chi connectivity index (χ0v) is 21.9. The molecule has 2 amide bonds. The fourth-order valence-electron chi connectivity index (χ4n) is 5.33. The second kappa shape index (κ2) is 12.7. The van der Waals surface area contributed by atoms with Crippen molar-refractivity contribution in [3.63, 3.8) is 0 Å². The predicted octanol–water partition coefficient (Wildman–Crippen LogP) is 3.90. The van der Waals surface area contributed by atoms with Crippen molar-refractivity contribution < 1.29 is 19.1 Å². The molecule has 1 saturated carbocycles. The molecule has 2 aromatic carbocycles. The van der Waals surface area contributed by atoms with Gasteiger partial charge < -0.3 is 20.3 Å². The van der Waals surface area contributed by atoms with Crippen LogP contribution in [0.2, 0.25) is 0 Å². The molecule has 0 bridgehead atoms. The second-order valence-electron chi connectivity index (χ2n) is 9.68. The zero-order chi connectivity index (χ0) is 25.7. The van der Waals surface area contributed by atoms with E-state index in [9.17, 15) is 14.4 Å². The fourth-order valence-corrected chi connectivity index (χ4v) is 5.33. The van der Waals surface area contributed by atoms with Gasteiger partial charge in [-0.25, -0.2) is 0 Å². The molecule has 2 fully saturated rings. The first-order valence-electron chi connectivity index (χ1n) is 12.5. The largest absolute Gasteiger partial charge is 0.469 e. The summed E-state index contributed by atoms with van der Waals surface area (Å²) < 4.78 is 4.92. The van der Waals surface area contributed by atoms with Gasteiger partial charge in [0.2, 0.25) is 11.8 Å². The first-order chi connectivity index (χ1) is 17.4. The van der Waals surface area contributed by atoms with Gasteiger partial charge in [-0.1, -0.05) is 30.3 Å². The molecule has 2 aromatic rings. The van der Waals surface area contributed by atoms with Gasteiger partial charge in [0.05, 0.1) is 13.0 Å². The number of hydrogen-bond donors (Lipinski definition) is 2. The van der Waals surface area contributed by atoms with Crippen LogP contribution in [-0.4, -0.2) is 48.2 Å². The molecule has 9 heteroatoms. The van der Waals surface area contributed by atoms with E-state index in [2.05, 4.69) is 0 Å². The molecule has 4 rings (SSSR count). The molecule has 1 aliphatic heterocycles. The highest BCUT2D eigenvalue weighted by Crippen LogP contribution is 2.32. The summed E-state index contributed by atoms with van der Waals surface area (Å²) in [5.41, 5.74) is 7.94. The highest BCUT2D eigenvalue weighted by Gasteiger charge is 2.38. The number of piperidine rings is 1. The predicted molar refractivity (Wildman–Crippen MR) is 145 cm³/mol. The summed E-state index contributed by atoms with van der Waals surface area (Å²) in [7, 11) is 1.42. The van der Waals surface area contributed by atoms with E-state index < -0.39 is 0 Å². The quantitative estimate of drug-likeness (QED) is 0.322. The van der Waals surface area contributed by atoms with E-state index in [1.54, 1.807) is 29.2 Å². The Morgan fingerprint density at radius 1 is 1.00 bits per heavy atom. The lowest BCUT2D eigenvalue weighted by Gasteiger charge is -2.40. The summed E-state index contributed by atoms with van der Waals surface area (Å²) in [6.45, 7) is 0.955. The molecule has 0 spiro atoms. The summed E-state index contributed by atoms with van der Waals surface area (Å²) >= 11 is 0. The molecule has 0 aromatic heterocycles. The van der Waals surface area contributed by atoms with Crippen LogP contribution in [0.5, 0.6) is 0 Å². The highest BCUT2D eigenvalue weighted by molar-refractivity contribution is 5.99. The Balaban J connectivity index is 0.00000380. The standard InChI is InChI=1S/C28H34N4O4.ClH/c1-36-28(35)21-9-13-24(14-10-21)32(18-19-5-3-2-4-6-19)27(34)22-15-16-31(25(33)17-22)23-11-7-20(8-12-23)26(29)30;/h2-8,11-12,21-22,24H,9-10,13-18H2,1H3,(H3,29,30);1H. The third kappa shape index (κ3) is 6.68. The number of rotatable bonds is 7. The van der Waals surface area contributed by atoms with Gasteiger partial charge in [0, 0.05) is 42.7 Å². The summed E-state index contributed by atoms with van der Waals surface area (Å²) in [4.78, 5) is 42.5. The monoisotopic (exact) mass is 526 g/mol. The van der Waals surface area contributed by atoms with Crippen LogP contribution >= 0.6 is 12.4 Å². The van der Waals surface area contributed by atoms with Crippen molar-refractivity contribution in [2.24, 2.45) is 17.6 Å². The van der Waals surface area contributed by atoms with Gasteiger partial charge in [0.1, 0.15) is 5.84 Å². The minimum absolute atomic E-state index is 0. The van der Waals surface area contributed by atoms with E-state index in [0.717, 1.165) is 24.1 Å². The van der Waals surface area contributed by atoms with Crippen LogP contribution in [0.15, 0.2) is 54.6 Å². The molecule has 1 unspecified atom stereocenters. The molecule has 2 aliphatic rings. The third-order valence-corrected chi connectivity index (χ3v) is 7.41. The van der Waals surface area contributed by atoms with Gasteiger partial charge in [-0.2, -0.15) is 0 Å². The minimum Gasteiger partial charge on any atom is -0.469 e. The number of carbonyl (C=O) groups is 3. The number of halogens is 1. The Labute approximate surface area is 224 Å². The van der Waals surface area contributed by atoms with Crippen LogP contribution in [-0.2, 0) is 25.7 Å². The highest BCUT2D eigenvalue weighted by atomic mass is 35.5. The van der Waals surface area contributed by atoms with Crippen LogP contribution in [0.3, 0.4) is 0 Å². The Morgan fingerprint density at radius 3 is 2.22 bits per heavy atom. The number of nitrogen functional groups attached to an aromatic ring is 1. The van der Waals surface area contributed by atoms with Gasteiger partial charge >= 0.3 is 5.97 Å². The van der Waals surface area contributed by atoms with Crippen LogP contribution in [0, 0.1) is 17.2 Å². The number of amides is 2. The number of nitrogens with one attached hydrogen (secondary N) is 1.